The van der Waals surface area contributed by atoms with Gasteiger partial charge in [0.15, 0.2) is 4.96 Å². The van der Waals surface area contributed by atoms with E-state index in [0.717, 1.165) is 4.96 Å². The van der Waals surface area contributed by atoms with Crippen LogP contribution >= 0.6 is 11.3 Å². The summed E-state index contributed by atoms with van der Waals surface area (Å²) in [7, 11) is 0. The summed E-state index contributed by atoms with van der Waals surface area (Å²) in [5.41, 5.74) is 8.36. The van der Waals surface area contributed by atoms with Crippen LogP contribution in [0.2, 0.25) is 0 Å². The van der Waals surface area contributed by atoms with E-state index in [2.05, 4.69) is 41.4 Å². The Morgan fingerprint density at radius 3 is 3.00 bits per heavy atom. The number of nitrogens with two attached hydrogens (primary N) is 1. The van der Waals surface area contributed by atoms with Gasteiger partial charge < -0.3 is 5.73 Å². The Hall–Kier alpha value is -1.39. The van der Waals surface area contributed by atoms with E-state index in [4.69, 9.17) is 5.73 Å². The molecule has 1 aromatic carbocycles. The molecular formula is C13H15N3S. The molecule has 0 unspecified atom stereocenters. The van der Waals surface area contributed by atoms with E-state index < -0.39 is 0 Å². The van der Waals surface area contributed by atoms with Gasteiger partial charge in [-0.1, -0.05) is 31.3 Å². The first-order valence-corrected chi connectivity index (χ1v) is 6.50. The monoisotopic (exact) mass is 245 g/mol. The lowest BCUT2D eigenvalue weighted by Gasteiger charge is -2.22. The van der Waals surface area contributed by atoms with Crippen molar-refractivity contribution in [2.45, 2.75) is 19.3 Å². The van der Waals surface area contributed by atoms with E-state index in [1.165, 1.54) is 15.8 Å². The normalized spacial score (nSPS) is 12.6. The molecule has 17 heavy (non-hydrogen) atoms. The van der Waals surface area contributed by atoms with E-state index in [0.29, 0.717) is 6.54 Å². The zero-order valence-electron chi connectivity index (χ0n) is 9.97. The Morgan fingerprint density at radius 2 is 2.24 bits per heavy atom. The number of fused-ring (bicyclic) bond motifs is 3. The minimum Gasteiger partial charge on any atom is -0.330 e. The van der Waals surface area contributed by atoms with Gasteiger partial charge in [0, 0.05) is 24.4 Å². The smallest absolute Gasteiger partial charge is 0.194 e. The molecule has 2 N–H and O–H groups in total. The highest BCUT2D eigenvalue weighted by Crippen LogP contribution is 2.30. The van der Waals surface area contributed by atoms with Crippen LogP contribution in [-0.4, -0.2) is 15.9 Å². The molecule has 3 rings (SSSR count). The van der Waals surface area contributed by atoms with Gasteiger partial charge in [-0.2, -0.15) is 0 Å². The van der Waals surface area contributed by atoms with Crippen molar-refractivity contribution in [1.82, 2.24) is 9.38 Å². The highest BCUT2D eigenvalue weighted by Gasteiger charge is 2.19. The molecule has 0 spiro atoms. The van der Waals surface area contributed by atoms with Crippen molar-refractivity contribution in [2.75, 3.05) is 6.54 Å². The molecule has 3 aromatic rings. The van der Waals surface area contributed by atoms with Gasteiger partial charge in [-0.25, -0.2) is 4.98 Å². The summed E-state index contributed by atoms with van der Waals surface area (Å²) in [5.74, 6) is 0. The van der Waals surface area contributed by atoms with E-state index in [9.17, 15) is 0 Å². The molecule has 0 aliphatic heterocycles. The quantitative estimate of drug-likeness (QED) is 0.754. The topological polar surface area (TPSA) is 43.3 Å². The Morgan fingerprint density at radius 1 is 1.41 bits per heavy atom. The fraction of sp³-hybridized carbons (Fsp3) is 0.308. The van der Waals surface area contributed by atoms with Gasteiger partial charge >= 0.3 is 0 Å². The van der Waals surface area contributed by atoms with Crippen LogP contribution in [0.25, 0.3) is 15.2 Å². The third kappa shape index (κ3) is 1.56. The number of benzene rings is 1. The average Bonchev–Trinajstić information content (AvgIpc) is 2.87. The molecule has 0 saturated carbocycles. The molecule has 2 aromatic heterocycles. The summed E-state index contributed by atoms with van der Waals surface area (Å²) < 4.78 is 3.39. The molecule has 0 bridgehead atoms. The van der Waals surface area contributed by atoms with Gasteiger partial charge in [-0.05, 0) is 17.7 Å². The van der Waals surface area contributed by atoms with E-state index in [1.54, 1.807) is 11.3 Å². The summed E-state index contributed by atoms with van der Waals surface area (Å²) in [6, 6.07) is 6.57. The average molecular weight is 245 g/mol. The van der Waals surface area contributed by atoms with Crippen molar-refractivity contribution in [2.24, 2.45) is 5.73 Å². The van der Waals surface area contributed by atoms with Crippen LogP contribution in [0.1, 0.15) is 19.4 Å². The summed E-state index contributed by atoms with van der Waals surface area (Å²) >= 11 is 1.72. The highest BCUT2D eigenvalue weighted by molar-refractivity contribution is 7.23. The van der Waals surface area contributed by atoms with Crippen molar-refractivity contribution in [3.63, 3.8) is 0 Å². The first-order valence-electron chi connectivity index (χ1n) is 5.68. The lowest BCUT2D eigenvalue weighted by atomic mass is 9.85. The van der Waals surface area contributed by atoms with E-state index in [-0.39, 0.29) is 5.41 Å². The summed E-state index contributed by atoms with van der Waals surface area (Å²) in [6.07, 6.45) is 3.84. The predicted molar refractivity (Wildman–Crippen MR) is 72.7 cm³/mol. The van der Waals surface area contributed by atoms with Crippen LogP contribution < -0.4 is 5.73 Å². The van der Waals surface area contributed by atoms with Gasteiger partial charge in [-0.15, -0.1) is 0 Å². The van der Waals surface area contributed by atoms with Crippen molar-refractivity contribution in [3.8, 4) is 0 Å². The van der Waals surface area contributed by atoms with Crippen LogP contribution in [0.15, 0.2) is 30.6 Å². The second kappa shape index (κ2) is 3.55. The minimum absolute atomic E-state index is 0.0280. The molecule has 0 saturated heterocycles. The molecule has 0 fully saturated rings. The van der Waals surface area contributed by atoms with Crippen molar-refractivity contribution < 1.29 is 0 Å². The largest absolute Gasteiger partial charge is 0.330 e. The molecular weight excluding hydrogens is 230 g/mol. The van der Waals surface area contributed by atoms with Crippen molar-refractivity contribution in [3.05, 3.63) is 36.2 Å². The number of rotatable bonds is 2. The van der Waals surface area contributed by atoms with Crippen LogP contribution in [0.4, 0.5) is 0 Å². The van der Waals surface area contributed by atoms with Crippen molar-refractivity contribution >= 4 is 26.5 Å². The van der Waals surface area contributed by atoms with Crippen LogP contribution in [0, 0.1) is 0 Å². The molecule has 3 nitrogen and oxygen atoms in total. The fourth-order valence-corrected chi connectivity index (χ4v) is 3.01. The second-order valence-corrected chi connectivity index (χ2v) is 5.96. The Labute approximate surface area is 104 Å². The Kier molecular flexibility index (Phi) is 2.24. The zero-order valence-corrected chi connectivity index (χ0v) is 10.8. The predicted octanol–water partition coefficient (Wildman–Crippen LogP) is 2.79. The fourth-order valence-electron chi connectivity index (χ4n) is 1.98. The SMILES string of the molecule is CC(C)(CN)c1ccc2c(c1)sc1nccn12. The second-order valence-electron chi connectivity index (χ2n) is 4.95. The summed E-state index contributed by atoms with van der Waals surface area (Å²) in [5, 5.41) is 0. The number of hydrogen-bond donors (Lipinski definition) is 1. The number of hydrogen-bond acceptors (Lipinski definition) is 3. The molecule has 0 atom stereocenters. The van der Waals surface area contributed by atoms with E-state index in [1.807, 2.05) is 12.4 Å². The highest BCUT2D eigenvalue weighted by atomic mass is 32.1. The third-order valence-electron chi connectivity index (χ3n) is 3.32. The standard InChI is InChI=1S/C13H15N3S/c1-13(2,8-14)9-3-4-10-11(7-9)17-12-15-5-6-16(10)12/h3-7H,8,14H2,1-2H3. The molecule has 0 amide bonds. The molecule has 0 radical (unpaired) electrons. The van der Waals surface area contributed by atoms with E-state index >= 15 is 0 Å². The molecule has 4 heteroatoms. The van der Waals surface area contributed by atoms with Gasteiger partial charge in [0.25, 0.3) is 0 Å². The molecule has 88 valence electrons. The van der Waals surface area contributed by atoms with Gasteiger partial charge in [0.2, 0.25) is 0 Å². The molecule has 0 aliphatic carbocycles. The molecule has 2 heterocycles. The Bertz CT molecular complexity index is 678. The summed E-state index contributed by atoms with van der Waals surface area (Å²) in [6.45, 7) is 5.00. The zero-order chi connectivity index (χ0) is 12.0. The van der Waals surface area contributed by atoms with Crippen LogP contribution in [-0.2, 0) is 5.41 Å². The van der Waals surface area contributed by atoms with Gasteiger partial charge in [0.1, 0.15) is 0 Å². The van der Waals surface area contributed by atoms with Crippen molar-refractivity contribution in [1.29, 1.82) is 0 Å². The first-order chi connectivity index (χ1) is 8.12. The maximum Gasteiger partial charge on any atom is 0.194 e. The minimum atomic E-state index is 0.0280. The lowest BCUT2D eigenvalue weighted by molar-refractivity contribution is 0.540. The lowest BCUT2D eigenvalue weighted by Crippen LogP contribution is -2.27. The van der Waals surface area contributed by atoms with Gasteiger partial charge in [0.05, 0.1) is 10.2 Å². The first kappa shape index (κ1) is 10.7. The number of aromatic nitrogens is 2. The summed E-state index contributed by atoms with van der Waals surface area (Å²) in [4.78, 5) is 5.37. The maximum atomic E-state index is 5.82. The van der Waals surface area contributed by atoms with Crippen LogP contribution in [0.5, 0.6) is 0 Å². The number of nitrogens with zero attached hydrogens (tertiary/aromatic N) is 2. The number of thiazole rings is 1. The van der Waals surface area contributed by atoms with Gasteiger partial charge in [-0.3, -0.25) is 4.40 Å². The third-order valence-corrected chi connectivity index (χ3v) is 4.35. The van der Waals surface area contributed by atoms with Crippen LogP contribution in [0.3, 0.4) is 0 Å². The molecule has 0 aliphatic rings. The Balaban J connectivity index is 2.25. The number of imidazole rings is 1. The maximum absolute atomic E-state index is 5.82.